The number of fused-ring (bicyclic) bond motifs is 1. The van der Waals surface area contributed by atoms with E-state index in [1.165, 1.54) is 6.42 Å². The zero-order chi connectivity index (χ0) is 11.8. The molecular weight excluding hydrogens is 206 g/mol. The average molecular weight is 227 g/mol. The second kappa shape index (κ2) is 4.34. The number of likely N-dealkylation sites (tertiary alicyclic amines) is 1. The first-order valence-corrected chi connectivity index (χ1v) is 6.20. The quantitative estimate of drug-likeness (QED) is 0.750. The lowest BCUT2D eigenvalue weighted by Gasteiger charge is -2.28. The van der Waals surface area contributed by atoms with Gasteiger partial charge in [0.25, 0.3) is 0 Å². The number of hydrogen-bond acceptors (Lipinski definition) is 3. The number of aliphatic carboxylic acids is 1. The number of carboxylic acid groups (broad SMARTS) is 1. The highest BCUT2D eigenvalue weighted by atomic mass is 16.4. The fourth-order valence-corrected chi connectivity index (χ4v) is 3.54. The molecule has 1 saturated heterocycles. The van der Waals surface area contributed by atoms with Crippen LogP contribution in [0.4, 0.5) is 0 Å². The van der Waals surface area contributed by atoms with Gasteiger partial charge in [-0.05, 0) is 25.2 Å². The molecule has 0 aromatic carbocycles. The number of nitrogens with zero attached hydrogens (tertiary/aromatic N) is 1. The van der Waals surface area contributed by atoms with Gasteiger partial charge in [-0.15, -0.1) is 0 Å². The van der Waals surface area contributed by atoms with Crippen LogP contribution in [0.3, 0.4) is 0 Å². The van der Waals surface area contributed by atoms with E-state index < -0.39 is 5.97 Å². The van der Waals surface area contributed by atoms with Crippen LogP contribution in [0.5, 0.6) is 0 Å². The standard InChI is InChI=1S/C12H21NO3/c1-2-10(11(15)16)13-6-9-4-3-5-12(9,7-13)8-14/h9-10,14H,2-8H2,1H3,(H,15,16)/t9-,10-,12-/m1/s1. The molecule has 2 N–H and O–H groups in total. The third-order valence-corrected chi connectivity index (χ3v) is 4.49. The molecule has 1 heterocycles. The Balaban J connectivity index is 2.09. The highest BCUT2D eigenvalue weighted by Crippen LogP contribution is 2.48. The summed E-state index contributed by atoms with van der Waals surface area (Å²) >= 11 is 0. The molecule has 0 amide bonds. The summed E-state index contributed by atoms with van der Waals surface area (Å²) in [5.74, 6) is -0.221. The monoisotopic (exact) mass is 227 g/mol. The summed E-state index contributed by atoms with van der Waals surface area (Å²) < 4.78 is 0. The molecule has 3 atom stereocenters. The van der Waals surface area contributed by atoms with Crippen LogP contribution in [0.15, 0.2) is 0 Å². The molecule has 2 aliphatic rings. The Morgan fingerprint density at radius 3 is 2.88 bits per heavy atom. The molecule has 2 rings (SSSR count). The van der Waals surface area contributed by atoms with Gasteiger partial charge < -0.3 is 10.2 Å². The summed E-state index contributed by atoms with van der Waals surface area (Å²) in [6, 6.07) is -0.367. The van der Waals surface area contributed by atoms with Gasteiger partial charge in [-0.3, -0.25) is 9.69 Å². The van der Waals surface area contributed by atoms with E-state index in [2.05, 4.69) is 4.90 Å². The van der Waals surface area contributed by atoms with E-state index in [-0.39, 0.29) is 18.1 Å². The van der Waals surface area contributed by atoms with Crippen molar-refractivity contribution in [3.63, 3.8) is 0 Å². The van der Waals surface area contributed by atoms with Gasteiger partial charge in [-0.2, -0.15) is 0 Å². The highest BCUT2D eigenvalue weighted by Gasteiger charge is 2.50. The molecule has 0 bridgehead atoms. The SMILES string of the molecule is CC[C@H](C(=O)O)N1C[C@H]2CCC[C@]2(CO)C1. The highest BCUT2D eigenvalue weighted by molar-refractivity contribution is 5.73. The molecule has 1 saturated carbocycles. The molecule has 92 valence electrons. The van der Waals surface area contributed by atoms with Crippen LogP contribution in [0.1, 0.15) is 32.6 Å². The second-order valence-corrected chi connectivity index (χ2v) is 5.30. The van der Waals surface area contributed by atoms with Crippen molar-refractivity contribution in [2.45, 2.75) is 38.6 Å². The number of hydrogen-bond donors (Lipinski definition) is 2. The molecule has 2 fully saturated rings. The van der Waals surface area contributed by atoms with Gasteiger partial charge in [-0.1, -0.05) is 13.3 Å². The normalized spacial score (nSPS) is 36.2. The first kappa shape index (κ1) is 11.9. The van der Waals surface area contributed by atoms with Gasteiger partial charge in [0.15, 0.2) is 0 Å². The molecule has 0 aromatic heterocycles. The van der Waals surface area contributed by atoms with Crippen LogP contribution in [0.25, 0.3) is 0 Å². The minimum Gasteiger partial charge on any atom is -0.480 e. The van der Waals surface area contributed by atoms with Gasteiger partial charge in [-0.25, -0.2) is 0 Å². The van der Waals surface area contributed by atoms with Crippen LogP contribution >= 0.6 is 0 Å². The molecule has 4 heteroatoms. The smallest absolute Gasteiger partial charge is 0.320 e. The van der Waals surface area contributed by atoms with E-state index >= 15 is 0 Å². The van der Waals surface area contributed by atoms with E-state index in [9.17, 15) is 9.90 Å². The maximum atomic E-state index is 11.1. The third-order valence-electron chi connectivity index (χ3n) is 4.49. The number of aliphatic hydroxyl groups excluding tert-OH is 1. The van der Waals surface area contributed by atoms with Crippen molar-refractivity contribution in [3.05, 3.63) is 0 Å². The molecule has 4 nitrogen and oxygen atoms in total. The Kier molecular flexibility index (Phi) is 3.22. The minimum absolute atomic E-state index is 0.00285. The van der Waals surface area contributed by atoms with E-state index in [0.717, 1.165) is 25.9 Å². The number of aliphatic hydroxyl groups is 1. The fourth-order valence-electron chi connectivity index (χ4n) is 3.54. The van der Waals surface area contributed by atoms with Crippen molar-refractivity contribution in [3.8, 4) is 0 Å². The maximum absolute atomic E-state index is 11.1. The third kappa shape index (κ3) is 1.74. The Morgan fingerprint density at radius 1 is 1.62 bits per heavy atom. The largest absolute Gasteiger partial charge is 0.480 e. The topological polar surface area (TPSA) is 60.8 Å². The van der Waals surface area contributed by atoms with Crippen molar-refractivity contribution < 1.29 is 15.0 Å². The first-order chi connectivity index (χ1) is 7.63. The Hall–Kier alpha value is -0.610. The van der Waals surface area contributed by atoms with Gasteiger partial charge >= 0.3 is 5.97 Å². The average Bonchev–Trinajstić information content (AvgIpc) is 2.74. The Bertz CT molecular complexity index is 281. The predicted molar refractivity (Wildman–Crippen MR) is 60.1 cm³/mol. The summed E-state index contributed by atoms with van der Waals surface area (Å²) in [6.07, 6.45) is 4.03. The van der Waals surface area contributed by atoms with Crippen molar-refractivity contribution in [1.29, 1.82) is 0 Å². The van der Waals surface area contributed by atoms with E-state index in [1.807, 2.05) is 6.92 Å². The van der Waals surface area contributed by atoms with Gasteiger partial charge in [0.05, 0.1) is 6.61 Å². The van der Waals surface area contributed by atoms with E-state index in [4.69, 9.17) is 5.11 Å². The van der Waals surface area contributed by atoms with Gasteiger partial charge in [0, 0.05) is 18.5 Å². The predicted octanol–water partition coefficient (Wildman–Crippen LogP) is 0.944. The van der Waals surface area contributed by atoms with Crippen LogP contribution in [0, 0.1) is 11.3 Å². The Morgan fingerprint density at radius 2 is 2.38 bits per heavy atom. The number of rotatable bonds is 4. The summed E-state index contributed by atoms with van der Waals surface area (Å²) in [5.41, 5.74) is 0.00285. The first-order valence-electron chi connectivity index (χ1n) is 6.20. The van der Waals surface area contributed by atoms with Crippen LogP contribution in [0.2, 0.25) is 0 Å². The van der Waals surface area contributed by atoms with Crippen molar-refractivity contribution >= 4 is 5.97 Å². The Labute approximate surface area is 96.3 Å². The molecule has 1 aliphatic heterocycles. The minimum atomic E-state index is -0.726. The summed E-state index contributed by atoms with van der Waals surface area (Å²) in [4.78, 5) is 13.2. The van der Waals surface area contributed by atoms with Crippen molar-refractivity contribution in [1.82, 2.24) is 4.90 Å². The number of carboxylic acids is 1. The zero-order valence-corrected chi connectivity index (χ0v) is 9.85. The lowest BCUT2D eigenvalue weighted by Crippen LogP contribution is -2.41. The lowest BCUT2D eigenvalue weighted by atomic mass is 9.82. The number of carbonyl (C=O) groups is 1. The lowest BCUT2D eigenvalue weighted by molar-refractivity contribution is -0.143. The molecule has 0 aromatic rings. The van der Waals surface area contributed by atoms with Crippen molar-refractivity contribution in [2.24, 2.45) is 11.3 Å². The maximum Gasteiger partial charge on any atom is 0.320 e. The van der Waals surface area contributed by atoms with Crippen LogP contribution in [-0.4, -0.2) is 46.8 Å². The summed E-state index contributed by atoms with van der Waals surface area (Å²) in [6.45, 7) is 3.74. The van der Waals surface area contributed by atoms with Gasteiger partial charge in [0.2, 0.25) is 0 Å². The molecule has 0 radical (unpaired) electrons. The summed E-state index contributed by atoms with van der Waals surface area (Å²) in [5, 5.41) is 18.7. The molecule has 16 heavy (non-hydrogen) atoms. The molecule has 0 unspecified atom stereocenters. The molecular formula is C12H21NO3. The van der Waals surface area contributed by atoms with Gasteiger partial charge in [0.1, 0.15) is 6.04 Å². The van der Waals surface area contributed by atoms with Crippen LogP contribution < -0.4 is 0 Å². The van der Waals surface area contributed by atoms with Crippen LogP contribution in [-0.2, 0) is 4.79 Å². The van der Waals surface area contributed by atoms with E-state index in [0.29, 0.717) is 12.3 Å². The summed E-state index contributed by atoms with van der Waals surface area (Å²) in [7, 11) is 0. The zero-order valence-electron chi connectivity index (χ0n) is 9.85. The van der Waals surface area contributed by atoms with E-state index in [1.54, 1.807) is 0 Å². The molecule has 0 spiro atoms. The molecule has 1 aliphatic carbocycles. The van der Waals surface area contributed by atoms with Crippen molar-refractivity contribution in [2.75, 3.05) is 19.7 Å². The second-order valence-electron chi connectivity index (χ2n) is 5.30. The fraction of sp³-hybridized carbons (Fsp3) is 0.917.